The van der Waals surface area contributed by atoms with Crippen LogP contribution in [0.4, 0.5) is 11.4 Å². The van der Waals surface area contributed by atoms with Crippen LogP contribution >= 0.6 is 0 Å². The number of benzene rings is 2. The van der Waals surface area contributed by atoms with E-state index in [1.165, 1.54) is 10.6 Å². The van der Waals surface area contributed by atoms with E-state index in [1.807, 2.05) is 23.1 Å². The van der Waals surface area contributed by atoms with Gasteiger partial charge in [-0.25, -0.2) is 0 Å². The van der Waals surface area contributed by atoms with E-state index < -0.39 is 0 Å². The summed E-state index contributed by atoms with van der Waals surface area (Å²) in [4.78, 5) is 44.0. The van der Waals surface area contributed by atoms with E-state index in [9.17, 15) is 14.4 Å². The molecule has 6 nitrogen and oxygen atoms in total. The van der Waals surface area contributed by atoms with Gasteiger partial charge in [-0.3, -0.25) is 19.3 Å². The molecule has 0 N–H and O–H groups in total. The number of fused-ring (bicyclic) bond motifs is 1. The molecule has 2 heterocycles. The fourth-order valence-electron chi connectivity index (χ4n) is 5.16. The van der Waals surface area contributed by atoms with Crippen LogP contribution in [-0.4, -0.2) is 48.8 Å². The van der Waals surface area contributed by atoms with Crippen LogP contribution in [0.25, 0.3) is 0 Å². The van der Waals surface area contributed by atoms with Crippen molar-refractivity contribution >= 4 is 29.1 Å². The molecule has 5 rings (SSSR count). The maximum atomic E-state index is 13.0. The summed E-state index contributed by atoms with van der Waals surface area (Å²) >= 11 is 0. The van der Waals surface area contributed by atoms with E-state index >= 15 is 0 Å². The molecule has 0 spiro atoms. The molecule has 0 aromatic heterocycles. The highest BCUT2D eigenvalue weighted by molar-refractivity contribution is 6.22. The molecule has 31 heavy (non-hydrogen) atoms. The molecule has 0 bridgehead atoms. The SMILES string of the molecule is O=C(c1ccc(N2C(=O)[C@H]3CCCC[C@@H]3C2=O)cc1)N1CCN(c2ccccc2)CC1. The normalized spacial score (nSPS) is 23.8. The second-order valence-electron chi connectivity index (χ2n) is 8.67. The van der Waals surface area contributed by atoms with E-state index in [0.717, 1.165) is 38.8 Å². The molecule has 2 aromatic rings. The molecule has 6 heteroatoms. The number of carbonyl (C=O) groups excluding carboxylic acids is 3. The van der Waals surface area contributed by atoms with E-state index in [2.05, 4.69) is 17.0 Å². The molecule has 2 aliphatic heterocycles. The van der Waals surface area contributed by atoms with Crippen molar-refractivity contribution in [2.45, 2.75) is 25.7 Å². The minimum atomic E-state index is -0.163. The van der Waals surface area contributed by atoms with Crippen molar-refractivity contribution in [3.8, 4) is 0 Å². The Morgan fingerprint density at radius 2 is 1.29 bits per heavy atom. The zero-order chi connectivity index (χ0) is 21.4. The smallest absolute Gasteiger partial charge is 0.253 e. The van der Waals surface area contributed by atoms with Gasteiger partial charge in [0.1, 0.15) is 0 Å². The Bertz CT molecular complexity index is 957. The fourth-order valence-corrected chi connectivity index (χ4v) is 5.16. The van der Waals surface area contributed by atoms with Crippen LogP contribution in [0.15, 0.2) is 54.6 Å². The quantitative estimate of drug-likeness (QED) is 0.719. The van der Waals surface area contributed by atoms with Crippen molar-refractivity contribution in [1.82, 2.24) is 4.90 Å². The van der Waals surface area contributed by atoms with Crippen LogP contribution in [0.1, 0.15) is 36.0 Å². The molecule has 1 saturated carbocycles. The van der Waals surface area contributed by atoms with Crippen molar-refractivity contribution in [1.29, 1.82) is 0 Å². The Labute approximate surface area is 182 Å². The molecule has 2 atom stereocenters. The Kier molecular flexibility index (Phi) is 5.22. The van der Waals surface area contributed by atoms with Crippen LogP contribution in [-0.2, 0) is 9.59 Å². The molecule has 2 saturated heterocycles. The van der Waals surface area contributed by atoms with Gasteiger partial charge in [0, 0.05) is 37.4 Å². The van der Waals surface area contributed by atoms with Gasteiger partial charge in [0.25, 0.3) is 5.91 Å². The lowest BCUT2D eigenvalue weighted by Gasteiger charge is -2.36. The Morgan fingerprint density at radius 1 is 0.710 bits per heavy atom. The van der Waals surface area contributed by atoms with Crippen molar-refractivity contribution in [3.63, 3.8) is 0 Å². The summed E-state index contributed by atoms with van der Waals surface area (Å²) in [7, 11) is 0. The third-order valence-corrected chi connectivity index (χ3v) is 6.90. The fraction of sp³-hybridized carbons (Fsp3) is 0.400. The van der Waals surface area contributed by atoms with E-state index in [4.69, 9.17) is 0 Å². The first kappa shape index (κ1) is 19.8. The lowest BCUT2D eigenvalue weighted by atomic mass is 9.81. The first-order valence-corrected chi connectivity index (χ1v) is 11.2. The third kappa shape index (κ3) is 3.60. The summed E-state index contributed by atoms with van der Waals surface area (Å²) < 4.78 is 0. The summed E-state index contributed by atoms with van der Waals surface area (Å²) in [6, 6.07) is 17.2. The number of imide groups is 1. The lowest BCUT2D eigenvalue weighted by molar-refractivity contribution is -0.122. The van der Waals surface area contributed by atoms with Crippen molar-refractivity contribution in [2.75, 3.05) is 36.0 Å². The monoisotopic (exact) mass is 417 g/mol. The average Bonchev–Trinajstić information content (AvgIpc) is 3.09. The number of amides is 3. The summed E-state index contributed by atoms with van der Waals surface area (Å²) in [6.07, 6.45) is 3.63. The third-order valence-electron chi connectivity index (χ3n) is 6.90. The van der Waals surface area contributed by atoms with Gasteiger partial charge in [0.05, 0.1) is 17.5 Å². The maximum Gasteiger partial charge on any atom is 0.253 e. The largest absolute Gasteiger partial charge is 0.368 e. The summed E-state index contributed by atoms with van der Waals surface area (Å²) in [6.45, 7) is 2.94. The van der Waals surface area contributed by atoms with Gasteiger partial charge >= 0.3 is 0 Å². The molecular formula is C25H27N3O3. The first-order chi connectivity index (χ1) is 15.1. The van der Waals surface area contributed by atoms with Gasteiger partial charge in [-0.05, 0) is 49.2 Å². The molecule has 3 fully saturated rings. The molecule has 3 amide bonds. The number of carbonyl (C=O) groups is 3. The highest BCUT2D eigenvalue weighted by Gasteiger charge is 2.48. The van der Waals surface area contributed by atoms with Crippen molar-refractivity contribution in [3.05, 3.63) is 60.2 Å². The standard InChI is InChI=1S/C25H27N3O3/c29-23(27-16-14-26(15-17-27)19-6-2-1-3-7-19)18-10-12-20(13-11-18)28-24(30)21-8-4-5-9-22(21)25(28)31/h1-3,6-7,10-13,21-22H,4-5,8-9,14-17H2/t21-,22-/m0/s1. The van der Waals surface area contributed by atoms with Crippen molar-refractivity contribution < 1.29 is 14.4 Å². The highest BCUT2D eigenvalue weighted by Crippen LogP contribution is 2.40. The Balaban J connectivity index is 1.25. The maximum absolute atomic E-state index is 13.0. The summed E-state index contributed by atoms with van der Waals surface area (Å²) in [5.74, 6) is -0.490. The summed E-state index contributed by atoms with van der Waals surface area (Å²) in [5, 5.41) is 0. The van der Waals surface area contributed by atoms with Gasteiger partial charge < -0.3 is 9.80 Å². The minimum Gasteiger partial charge on any atom is -0.368 e. The molecule has 0 unspecified atom stereocenters. The van der Waals surface area contributed by atoms with Crippen LogP contribution < -0.4 is 9.80 Å². The predicted octanol–water partition coefficient (Wildman–Crippen LogP) is 3.33. The number of nitrogens with zero attached hydrogens (tertiary/aromatic N) is 3. The first-order valence-electron chi connectivity index (χ1n) is 11.2. The van der Waals surface area contributed by atoms with E-state index in [0.29, 0.717) is 24.3 Å². The Morgan fingerprint density at radius 3 is 1.87 bits per heavy atom. The van der Waals surface area contributed by atoms with Crippen molar-refractivity contribution in [2.24, 2.45) is 11.8 Å². The number of anilines is 2. The van der Waals surface area contributed by atoms with E-state index in [1.54, 1.807) is 24.3 Å². The molecule has 0 radical (unpaired) electrons. The van der Waals surface area contributed by atoms with E-state index in [-0.39, 0.29) is 29.6 Å². The second kappa shape index (κ2) is 8.17. The zero-order valence-electron chi connectivity index (χ0n) is 17.6. The van der Waals surface area contributed by atoms with Crippen LogP contribution in [0.3, 0.4) is 0 Å². The average molecular weight is 418 g/mol. The molecule has 160 valence electrons. The van der Waals surface area contributed by atoms with Gasteiger partial charge in [0.2, 0.25) is 11.8 Å². The number of rotatable bonds is 3. The number of hydrogen-bond acceptors (Lipinski definition) is 4. The molecular weight excluding hydrogens is 390 g/mol. The van der Waals surface area contributed by atoms with Gasteiger partial charge in [-0.1, -0.05) is 31.0 Å². The predicted molar refractivity (Wildman–Crippen MR) is 119 cm³/mol. The number of piperazine rings is 1. The number of hydrogen-bond donors (Lipinski definition) is 0. The van der Waals surface area contributed by atoms with Gasteiger partial charge in [-0.15, -0.1) is 0 Å². The van der Waals surface area contributed by atoms with Crippen LogP contribution in [0, 0.1) is 11.8 Å². The van der Waals surface area contributed by atoms with Gasteiger partial charge in [-0.2, -0.15) is 0 Å². The number of para-hydroxylation sites is 1. The van der Waals surface area contributed by atoms with Crippen LogP contribution in [0.2, 0.25) is 0 Å². The summed E-state index contributed by atoms with van der Waals surface area (Å²) in [5.41, 5.74) is 2.35. The highest BCUT2D eigenvalue weighted by atomic mass is 16.2. The minimum absolute atomic E-state index is 0.00740. The van der Waals surface area contributed by atoms with Crippen LogP contribution in [0.5, 0.6) is 0 Å². The molecule has 1 aliphatic carbocycles. The zero-order valence-corrected chi connectivity index (χ0v) is 17.6. The topological polar surface area (TPSA) is 60.9 Å². The molecule has 3 aliphatic rings. The van der Waals surface area contributed by atoms with Gasteiger partial charge in [0.15, 0.2) is 0 Å². The molecule has 2 aromatic carbocycles. The Hall–Kier alpha value is -3.15. The second-order valence-corrected chi connectivity index (χ2v) is 8.67. The lowest BCUT2D eigenvalue weighted by Crippen LogP contribution is -2.48.